The second kappa shape index (κ2) is 8.77. The van der Waals surface area contributed by atoms with Crippen molar-refractivity contribution < 1.29 is 23.8 Å². The van der Waals surface area contributed by atoms with Gasteiger partial charge in [0.15, 0.2) is 10.9 Å². The summed E-state index contributed by atoms with van der Waals surface area (Å²) in [5.41, 5.74) is 2.61. The Hall–Kier alpha value is -3.39. The maximum absolute atomic E-state index is 13.0. The second-order valence-electron chi connectivity index (χ2n) is 6.70. The molecular weight excluding hydrogens is 416 g/mol. The summed E-state index contributed by atoms with van der Waals surface area (Å²) < 4.78 is 18.6. The van der Waals surface area contributed by atoms with Gasteiger partial charge in [-0.25, -0.2) is 4.98 Å². The van der Waals surface area contributed by atoms with Gasteiger partial charge in [0.1, 0.15) is 5.75 Å². The molecule has 0 amide bonds. The van der Waals surface area contributed by atoms with E-state index in [0.717, 1.165) is 15.8 Å². The summed E-state index contributed by atoms with van der Waals surface area (Å²) in [6, 6.07) is 15.1. The molecule has 4 rings (SSSR count). The van der Waals surface area contributed by atoms with Crippen molar-refractivity contribution in [1.82, 2.24) is 9.38 Å². The lowest BCUT2D eigenvalue weighted by molar-refractivity contribution is -0.157. The summed E-state index contributed by atoms with van der Waals surface area (Å²) in [4.78, 5) is 31.4. The number of esters is 2. The van der Waals surface area contributed by atoms with Crippen LogP contribution in [0.25, 0.3) is 26.4 Å². The third-order valence-electron chi connectivity index (χ3n) is 4.86. The van der Waals surface area contributed by atoms with Crippen LogP contribution in [-0.2, 0) is 19.1 Å². The Morgan fingerprint density at radius 1 is 1.03 bits per heavy atom. The van der Waals surface area contributed by atoms with Gasteiger partial charge in [0.25, 0.3) is 0 Å². The predicted octanol–water partition coefficient (Wildman–Crippen LogP) is 4.43. The molecule has 160 valence electrons. The molecule has 0 bridgehead atoms. The fourth-order valence-corrected chi connectivity index (χ4v) is 4.60. The van der Waals surface area contributed by atoms with Gasteiger partial charge in [0, 0.05) is 5.56 Å². The van der Waals surface area contributed by atoms with Crippen LogP contribution in [-0.4, -0.2) is 41.6 Å². The van der Waals surface area contributed by atoms with Gasteiger partial charge in [-0.3, -0.25) is 14.0 Å². The number of aromatic nitrogens is 2. The molecule has 0 radical (unpaired) electrons. The van der Waals surface area contributed by atoms with Crippen molar-refractivity contribution >= 4 is 38.5 Å². The highest BCUT2D eigenvalue weighted by Crippen LogP contribution is 2.38. The number of hydrogen-bond acceptors (Lipinski definition) is 7. The predicted molar refractivity (Wildman–Crippen MR) is 119 cm³/mol. The van der Waals surface area contributed by atoms with Gasteiger partial charge < -0.3 is 14.2 Å². The highest BCUT2D eigenvalue weighted by molar-refractivity contribution is 7.23. The normalized spacial score (nSPS) is 11.2. The number of nitrogens with zero attached hydrogens (tertiary/aromatic N) is 2. The molecule has 31 heavy (non-hydrogen) atoms. The molecule has 2 heterocycles. The molecule has 0 fully saturated rings. The first-order valence-electron chi connectivity index (χ1n) is 9.96. The second-order valence-corrected chi connectivity index (χ2v) is 7.71. The Morgan fingerprint density at radius 3 is 2.32 bits per heavy atom. The van der Waals surface area contributed by atoms with Crippen LogP contribution in [0.1, 0.15) is 25.5 Å². The van der Waals surface area contributed by atoms with Gasteiger partial charge in [-0.1, -0.05) is 41.7 Å². The zero-order valence-corrected chi connectivity index (χ0v) is 18.3. The van der Waals surface area contributed by atoms with Crippen molar-refractivity contribution in [2.24, 2.45) is 0 Å². The zero-order chi connectivity index (χ0) is 22.0. The Morgan fingerprint density at radius 2 is 1.71 bits per heavy atom. The van der Waals surface area contributed by atoms with E-state index >= 15 is 0 Å². The number of thiazole rings is 1. The minimum absolute atomic E-state index is 0.152. The van der Waals surface area contributed by atoms with E-state index in [1.165, 1.54) is 11.3 Å². The van der Waals surface area contributed by atoms with Crippen LogP contribution in [0.5, 0.6) is 5.75 Å². The van der Waals surface area contributed by atoms with Gasteiger partial charge in [0.05, 0.1) is 41.9 Å². The average molecular weight is 439 g/mol. The first-order valence-corrected chi connectivity index (χ1v) is 10.8. The van der Waals surface area contributed by atoms with E-state index in [1.807, 2.05) is 52.9 Å². The maximum atomic E-state index is 13.0. The molecule has 7 nitrogen and oxygen atoms in total. The summed E-state index contributed by atoms with van der Waals surface area (Å²) in [7, 11) is 1.61. The van der Waals surface area contributed by atoms with E-state index in [2.05, 4.69) is 0 Å². The number of rotatable bonds is 7. The molecule has 0 spiro atoms. The summed E-state index contributed by atoms with van der Waals surface area (Å²) in [6.45, 7) is 3.71. The lowest BCUT2D eigenvalue weighted by Crippen LogP contribution is -2.27. The first kappa shape index (κ1) is 20.9. The number of hydrogen-bond donors (Lipinski definition) is 0. The van der Waals surface area contributed by atoms with Crippen molar-refractivity contribution in [3.8, 4) is 17.0 Å². The van der Waals surface area contributed by atoms with Crippen molar-refractivity contribution in [2.75, 3.05) is 20.3 Å². The van der Waals surface area contributed by atoms with Crippen LogP contribution in [0.15, 0.2) is 48.5 Å². The molecule has 0 aliphatic rings. The molecule has 0 aliphatic carbocycles. The van der Waals surface area contributed by atoms with Gasteiger partial charge in [0.2, 0.25) is 0 Å². The molecule has 0 atom stereocenters. The Bertz CT molecular complexity index is 1230. The summed E-state index contributed by atoms with van der Waals surface area (Å²) >= 11 is 1.46. The number of imidazole rings is 1. The molecular formula is C23H22N2O5S. The van der Waals surface area contributed by atoms with Crippen LogP contribution in [0.2, 0.25) is 0 Å². The lowest BCUT2D eigenvalue weighted by atomic mass is 9.99. The monoisotopic (exact) mass is 438 g/mol. The third kappa shape index (κ3) is 3.74. The van der Waals surface area contributed by atoms with E-state index in [1.54, 1.807) is 21.0 Å². The minimum Gasteiger partial charge on any atom is -0.497 e. The van der Waals surface area contributed by atoms with Crippen LogP contribution >= 0.6 is 11.3 Å². The van der Waals surface area contributed by atoms with Crippen molar-refractivity contribution in [2.45, 2.75) is 19.8 Å². The van der Waals surface area contributed by atoms with E-state index in [9.17, 15) is 9.59 Å². The molecule has 0 unspecified atom stereocenters. The molecule has 8 heteroatoms. The van der Waals surface area contributed by atoms with Crippen LogP contribution in [0.3, 0.4) is 0 Å². The quantitative estimate of drug-likeness (QED) is 0.314. The number of carbonyl (C=O) groups is 2. The molecule has 2 aromatic heterocycles. The van der Waals surface area contributed by atoms with Gasteiger partial charge >= 0.3 is 11.9 Å². The maximum Gasteiger partial charge on any atom is 0.326 e. The molecule has 0 aliphatic heterocycles. The third-order valence-corrected chi connectivity index (χ3v) is 5.86. The highest BCUT2D eigenvalue weighted by Gasteiger charge is 2.38. The van der Waals surface area contributed by atoms with E-state index in [4.69, 9.17) is 19.2 Å². The number of fused-ring (bicyclic) bond motifs is 3. The Kier molecular flexibility index (Phi) is 5.90. The highest BCUT2D eigenvalue weighted by atomic mass is 32.1. The number of benzene rings is 2. The van der Waals surface area contributed by atoms with Gasteiger partial charge in [-0.2, -0.15) is 0 Å². The van der Waals surface area contributed by atoms with Crippen LogP contribution < -0.4 is 4.74 Å². The number of methoxy groups -OCH3 is 1. The Balaban J connectivity index is 2.04. The summed E-state index contributed by atoms with van der Waals surface area (Å²) in [5, 5.41) is 0. The minimum atomic E-state index is -1.26. The van der Waals surface area contributed by atoms with Crippen molar-refractivity contribution in [3.05, 3.63) is 54.2 Å². The first-order chi connectivity index (χ1) is 15.1. The van der Waals surface area contributed by atoms with Crippen LogP contribution in [0, 0.1) is 0 Å². The van der Waals surface area contributed by atoms with Gasteiger partial charge in [-0.05, 0) is 32.0 Å². The standard InChI is InChI=1S/C23H22N2O5S/c1-4-29-21(26)18(22(27)30-5-2)20-19(14-9-7-6-8-10-14)24-23-25(20)16-12-11-15(28-3)13-17(16)31-23/h6-13,18H,4-5H2,1-3H3. The van der Waals surface area contributed by atoms with Crippen LogP contribution in [0.4, 0.5) is 0 Å². The van der Waals surface area contributed by atoms with Crippen molar-refractivity contribution in [3.63, 3.8) is 0 Å². The molecule has 4 aromatic rings. The smallest absolute Gasteiger partial charge is 0.326 e. The Labute approximate surface area is 183 Å². The molecule has 0 saturated carbocycles. The summed E-state index contributed by atoms with van der Waals surface area (Å²) in [6.07, 6.45) is 0. The molecule has 0 saturated heterocycles. The fraction of sp³-hybridized carbons (Fsp3) is 0.261. The van der Waals surface area contributed by atoms with E-state index < -0.39 is 17.9 Å². The average Bonchev–Trinajstić information content (AvgIpc) is 3.31. The van der Waals surface area contributed by atoms with Gasteiger partial charge in [-0.15, -0.1) is 0 Å². The molecule has 2 aromatic carbocycles. The zero-order valence-electron chi connectivity index (χ0n) is 17.5. The van der Waals surface area contributed by atoms with Crippen molar-refractivity contribution in [1.29, 1.82) is 0 Å². The summed E-state index contributed by atoms with van der Waals surface area (Å²) in [5.74, 6) is -1.86. The SMILES string of the molecule is CCOC(=O)C(C(=O)OCC)c1c(-c2ccccc2)nc2sc3cc(OC)ccc3n12. The van der Waals surface area contributed by atoms with E-state index in [0.29, 0.717) is 22.1 Å². The molecule has 0 N–H and O–H groups in total. The fourth-order valence-electron chi connectivity index (χ4n) is 3.54. The largest absolute Gasteiger partial charge is 0.497 e. The number of carbonyl (C=O) groups excluding carboxylic acids is 2. The van der Waals surface area contributed by atoms with E-state index in [-0.39, 0.29) is 13.2 Å². The topological polar surface area (TPSA) is 79.1 Å². The lowest BCUT2D eigenvalue weighted by Gasteiger charge is -2.16. The number of ether oxygens (including phenoxy) is 3.